The number of carbonyl (C=O) groups is 2. The average molecular weight is 302 g/mol. The molecule has 3 nitrogen and oxygen atoms in total. The number of aliphatic hydroxyl groups is 1. The number of hydrogen-bond acceptors (Lipinski definition) is 3. The summed E-state index contributed by atoms with van der Waals surface area (Å²) < 4.78 is 0. The van der Waals surface area contributed by atoms with Crippen LogP contribution in [-0.2, 0) is 9.59 Å². The van der Waals surface area contributed by atoms with Gasteiger partial charge in [0.1, 0.15) is 5.78 Å². The Labute approximate surface area is 132 Å². The van der Waals surface area contributed by atoms with E-state index in [1.807, 2.05) is 6.92 Å². The summed E-state index contributed by atoms with van der Waals surface area (Å²) in [6.45, 7) is 4.27. The molecule has 0 aromatic heterocycles. The number of Topliss-reactive ketones (excluding diaryl/α,β-unsaturated/α-hetero) is 1. The van der Waals surface area contributed by atoms with E-state index < -0.39 is 11.0 Å². The fourth-order valence-corrected chi connectivity index (χ4v) is 6.37. The Morgan fingerprint density at radius 1 is 1.09 bits per heavy atom. The third kappa shape index (κ3) is 1.56. The molecule has 22 heavy (non-hydrogen) atoms. The van der Waals surface area contributed by atoms with E-state index in [1.165, 1.54) is 0 Å². The maximum Gasteiger partial charge on any atom is 0.155 e. The van der Waals surface area contributed by atoms with Gasteiger partial charge in [-0.15, -0.1) is 0 Å². The third-order valence-corrected chi connectivity index (χ3v) is 7.94. The Kier molecular flexibility index (Phi) is 2.87. The summed E-state index contributed by atoms with van der Waals surface area (Å²) in [6, 6.07) is 0. The molecule has 3 fully saturated rings. The van der Waals surface area contributed by atoms with Crippen LogP contribution in [0.1, 0.15) is 58.8 Å². The molecule has 0 saturated heterocycles. The lowest BCUT2D eigenvalue weighted by atomic mass is 9.45. The van der Waals surface area contributed by atoms with Gasteiger partial charge < -0.3 is 5.11 Å². The van der Waals surface area contributed by atoms with Crippen LogP contribution in [0.25, 0.3) is 0 Å². The first-order valence-corrected chi connectivity index (χ1v) is 8.79. The molecule has 0 amide bonds. The maximum atomic E-state index is 12.4. The lowest BCUT2D eigenvalue weighted by Crippen LogP contribution is -2.61. The van der Waals surface area contributed by atoms with E-state index in [1.54, 1.807) is 6.08 Å². The largest absolute Gasteiger partial charge is 0.389 e. The molecule has 4 rings (SSSR count). The molecular formula is C19H26O3. The van der Waals surface area contributed by atoms with Gasteiger partial charge >= 0.3 is 0 Å². The molecule has 0 heterocycles. The van der Waals surface area contributed by atoms with Crippen LogP contribution in [-0.4, -0.2) is 22.3 Å². The van der Waals surface area contributed by atoms with Crippen molar-refractivity contribution in [1.82, 2.24) is 0 Å². The summed E-state index contributed by atoms with van der Waals surface area (Å²) in [5, 5.41) is 11.5. The predicted molar refractivity (Wildman–Crippen MR) is 83.1 cm³/mol. The molecule has 0 aromatic rings. The van der Waals surface area contributed by atoms with Crippen LogP contribution < -0.4 is 0 Å². The van der Waals surface area contributed by atoms with Gasteiger partial charge in [-0.1, -0.05) is 13.0 Å². The monoisotopic (exact) mass is 302 g/mol. The van der Waals surface area contributed by atoms with E-state index in [4.69, 9.17) is 0 Å². The first-order chi connectivity index (χ1) is 10.3. The fourth-order valence-electron chi connectivity index (χ4n) is 6.37. The molecule has 4 aliphatic carbocycles. The zero-order valence-electron chi connectivity index (χ0n) is 13.6. The highest BCUT2D eigenvalue weighted by Gasteiger charge is 2.67. The lowest BCUT2D eigenvalue weighted by molar-refractivity contribution is -0.187. The van der Waals surface area contributed by atoms with Gasteiger partial charge in [0.25, 0.3) is 0 Å². The van der Waals surface area contributed by atoms with E-state index >= 15 is 0 Å². The van der Waals surface area contributed by atoms with Crippen molar-refractivity contribution in [1.29, 1.82) is 0 Å². The predicted octanol–water partition coefficient (Wildman–Crippen LogP) is 3.06. The average Bonchev–Trinajstić information content (AvgIpc) is 2.72. The summed E-state index contributed by atoms with van der Waals surface area (Å²) in [5.74, 6) is 1.53. The Morgan fingerprint density at radius 3 is 2.64 bits per heavy atom. The van der Waals surface area contributed by atoms with Crippen LogP contribution in [0.2, 0.25) is 0 Å². The second-order valence-corrected chi connectivity index (χ2v) is 8.58. The highest BCUT2D eigenvalue weighted by Crippen LogP contribution is 2.65. The second-order valence-electron chi connectivity index (χ2n) is 8.58. The summed E-state index contributed by atoms with van der Waals surface area (Å²) in [4.78, 5) is 24.2. The Bertz CT molecular complexity index is 579. The first kappa shape index (κ1) is 14.6. The van der Waals surface area contributed by atoms with Gasteiger partial charge in [-0.05, 0) is 68.3 Å². The Morgan fingerprint density at radius 2 is 1.86 bits per heavy atom. The standard InChI is InChI=1S/C19H26O3/c1-17-8-5-13(20)11-12(17)3-4-15-14(17)6-9-18(2)16(21)7-10-19(15,18)22/h5,8,12,14-15,22H,3-4,6-7,9-11H2,1-2H3/t12?,14-,15-,17+,18-,19-/m1/s1. The van der Waals surface area contributed by atoms with Gasteiger partial charge in [0.15, 0.2) is 5.78 Å². The van der Waals surface area contributed by atoms with Crippen molar-refractivity contribution in [3.8, 4) is 0 Å². The van der Waals surface area contributed by atoms with Crippen LogP contribution >= 0.6 is 0 Å². The number of carbonyl (C=O) groups excluding carboxylic acids is 2. The number of ketones is 2. The SMILES string of the molecule is C[C@]12C=CC(=O)CC1CC[C@@H]1[C@H]2CC[C@]2(C)C(=O)CC[C@@]12O. The number of rotatable bonds is 0. The molecule has 0 aliphatic heterocycles. The van der Waals surface area contributed by atoms with E-state index in [0.717, 1.165) is 25.7 Å². The van der Waals surface area contributed by atoms with Crippen molar-refractivity contribution < 1.29 is 14.7 Å². The summed E-state index contributed by atoms with van der Waals surface area (Å²) in [6.07, 6.45) is 9.47. The summed E-state index contributed by atoms with van der Waals surface area (Å²) in [7, 11) is 0. The highest BCUT2D eigenvalue weighted by atomic mass is 16.3. The number of hydrogen-bond donors (Lipinski definition) is 1. The van der Waals surface area contributed by atoms with E-state index in [9.17, 15) is 14.7 Å². The molecule has 1 N–H and O–H groups in total. The quantitative estimate of drug-likeness (QED) is 0.748. The van der Waals surface area contributed by atoms with Crippen LogP contribution in [0, 0.1) is 28.6 Å². The fraction of sp³-hybridized carbons (Fsp3) is 0.789. The van der Waals surface area contributed by atoms with Gasteiger partial charge in [0.05, 0.1) is 11.0 Å². The normalized spacial score (nSPS) is 53.9. The number of fused-ring (bicyclic) bond motifs is 5. The minimum atomic E-state index is -0.823. The van der Waals surface area contributed by atoms with Gasteiger partial charge in [-0.3, -0.25) is 9.59 Å². The molecule has 4 aliphatic rings. The van der Waals surface area contributed by atoms with E-state index in [-0.39, 0.29) is 22.9 Å². The van der Waals surface area contributed by atoms with Gasteiger partial charge in [0, 0.05) is 12.8 Å². The zero-order chi connectivity index (χ0) is 15.8. The minimum absolute atomic E-state index is 0.0134. The van der Waals surface area contributed by atoms with Gasteiger partial charge in [-0.25, -0.2) is 0 Å². The van der Waals surface area contributed by atoms with E-state index in [0.29, 0.717) is 31.1 Å². The van der Waals surface area contributed by atoms with Crippen molar-refractivity contribution in [2.24, 2.45) is 28.6 Å². The topological polar surface area (TPSA) is 54.4 Å². The summed E-state index contributed by atoms with van der Waals surface area (Å²) in [5.41, 5.74) is -1.35. The van der Waals surface area contributed by atoms with Gasteiger partial charge in [0.2, 0.25) is 0 Å². The van der Waals surface area contributed by atoms with E-state index in [2.05, 4.69) is 13.0 Å². The molecule has 3 heteroatoms. The number of allylic oxidation sites excluding steroid dienone is 2. The van der Waals surface area contributed by atoms with Crippen molar-refractivity contribution in [2.75, 3.05) is 0 Å². The Balaban J connectivity index is 1.75. The first-order valence-electron chi connectivity index (χ1n) is 8.79. The van der Waals surface area contributed by atoms with Crippen LogP contribution in [0.15, 0.2) is 12.2 Å². The van der Waals surface area contributed by atoms with Crippen LogP contribution in [0.5, 0.6) is 0 Å². The van der Waals surface area contributed by atoms with Crippen LogP contribution in [0.3, 0.4) is 0 Å². The third-order valence-electron chi connectivity index (χ3n) is 7.94. The molecule has 120 valence electrons. The summed E-state index contributed by atoms with van der Waals surface area (Å²) >= 11 is 0. The minimum Gasteiger partial charge on any atom is -0.389 e. The molecule has 0 bridgehead atoms. The highest BCUT2D eigenvalue weighted by molar-refractivity contribution is 5.91. The van der Waals surface area contributed by atoms with Crippen molar-refractivity contribution in [3.63, 3.8) is 0 Å². The molecular weight excluding hydrogens is 276 g/mol. The van der Waals surface area contributed by atoms with Crippen molar-refractivity contribution in [2.45, 2.75) is 64.4 Å². The van der Waals surface area contributed by atoms with Crippen LogP contribution in [0.4, 0.5) is 0 Å². The van der Waals surface area contributed by atoms with Gasteiger partial charge in [-0.2, -0.15) is 0 Å². The maximum absolute atomic E-state index is 12.4. The molecule has 0 aromatic carbocycles. The van der Waals surface area contributed by atoms with Crippen molar-refractivity contribution in [3.05, 3.63) is 12.2 Å². The zero-order valence-corrected chi connectivity index (χ0v) is 13.6. The lowest BCUT2D eigenvalue weighted by Gasteiger charge is -2.60. The second kappa shape index (κ2) is 4.31. The molecule has 6 atom stereocenters. The Hall–Kier alpha value is -0.960. The molecule has 0 spiro atoms. The molecule has 0 radical (unpaired) electrons. The molecule has 3 saturated carbocycles. The smallest absolute Gasteiger partial charge is 0.155 e. The van der Waals surface area contributed by atoms with Crippen molar-refractivity contribution >= 4 is 11.6 Å². The molecule has 1 unspecified atom stereocenters.